The van der Waals surface area contributed by atoms with Crippen molar-refractivity contribution in [3.63, 3.8) is 0 Å². The lowest BCUT2D eigenvalue weighted by molar-refractivity contribution is 0.0891. The highest BCUT2D eigenvalue weighted by Gasteiger charge is 2.40. The molecule has 0 fully saturated rings. The Hall–Kier alpha value is -6.41. The quantitative estimate of drug-likeness (QED) is 0.0777. The van der Waals surface area contributed by atoms with Crippen LogP contribution in [0.3, 0.4) is 0 Å². The molecule has 11 rings (SSSR count). The van der Waals surface area contributed by atoms with Gasteiger partial charge in [-0.15, -0.1) is 0 Å². The minimum absolute atomic E-state index is 0.00372. The molecule has 69 heavy (non-hydrogen) atoms. The van der Waals surface area contributed by atoms with E-state index in [1.165, 1.54) is 21.6 Å². The number of nitrogens with zero attached hydrogens (tertiary/aromatic N) is 2. The first-order valence-corrected chi connectivity index (χ1v) is 26.0. The molecule has 0 spiro atoms. The number of imide groups is 1. The first-order valence-electron chi connectivity index (χ1n) is 24.3. The Morgan fingerprint density at radius 1 is 0.420 bits per heavy atom. The number of rotatable bonds is 10. The lowest BCUT2D eigenvalue weighted by Gasteiger charge is -2.35. The van der Waals surface area contributed by atoms with Gasteiger partial charge in [0.1, 0.15) is 0 Å². The van der Waals surface area contributed by atoms with Gasteiger partial charge in [-0.25, -0.2) is 4.90 Å². The predicted octanol–water partition coefficient (Wildman–Crippen LogP) is 17.1. The lowest BCUT2D eigenvalue weighted by atomic mass is 9.81. The Kier molecular flexibility index (Phi) is 11.1. The van der Waals surface area contributed by atoms with E-state index in [1.807, 2.05) is 17.0 Å². The molecule has 3 amide bonds. The second kappa shape index (κ2) is 16.9. The summed E-state index contributed by atoms with van der Waals surface area (Å²) in [5, 5.41) is 7.58. The zero-order valence-corrected chi connectivity index (χ0v) is 42.6. The summed E-state index contributed by atoms with van der Waals surface area (Å²) in [6.45, 7) is 21.9. The van der Waals surface area contributed by atoms with Gasteiger partial charge in [-0.3, -0.25) is 14.4 Å². The summed E-state index contributed by atoms with van der Waals surface area (Å²) < 4.78 is 0. The Morgan fingerprint density at radius 3 is 1.32 bits per heavy atom. The number of fused-ring (bicyclic) bond motifs is 2. The zero-order chi connectivity index (χ0) is 48.3. The maximum absolute atomic E-state index is 15.6. The molecule has 0 radical (unpaired) electrons. The van der Waals surface area contributed by atoms with Gasteiger partial charge in [0.25, 0.3) is 17.7 Å². The lowest BCUT2D eigenvalue weighted by Crippen LogP contribution is -2.42. The van der Waals surface area contributed by atoms with Crippen molar-refractivity contribution in [1.82, 2.24) is 0 Å². The van der Waals surface area contributed by atoms with E-state index in [-0.39, 0.29) is 41.4 Å². The van der Waals surface area contributed by atoms with Crippen LogP contribution < -0.4 is 9.80 Å². The molecule has 0 saturated heterocycles. The number of anilines is 2. The maximum Gasteiger partial charge on any atom is 0.266 e. The summed E-state index contributed by atoms with van der Waals surface area (Å²) >= 11 is 3.31. The maximum atomic E-state index is 15.6. The number of carbonyl (C=O) groups is 3. The van der Waals surface area contributed by atoms with Crippen molar-refractivity contribution in [3.8, 4) is 0 Å². The van der Waals surface area contributed by atoms with E-state index in [2.05, 4.69) is 178 Å². The largest absolute Gasteiger partial charge is 0.303 e. The number of benzene rings is 9. The van der Waals surface area contributed by atoms with Crippen molar-refractivity contribution in [3.05, 3.63) is 177 Å². The van der Waals surface area contributed by atoms with Gasteiger partial charge in [-0.2, -0.15) is 0 Å². The van der Waals surface area contributed by atoms with Crippen molar-refractivity contribution in [2.24, 2.45) is 0 Å². The minimum Gasteiger partial charge on any atom is -0.303 e. The molecule has 0 atom stereocenters. The number of carbonyl (C=O) groups excluding carboxylic acids is 3. The molecule has 2 aliphatic rings. The SMILES string of the molecule is Cc1ccc(Sc2cc3c4c(ccc5c6c(Sc7ccc(C)cc7)cc7c8c(ccc(c2c45)c86)C(=O)N(c2c(C(C)C)cccc2C(C)C)C7=O)CN(c2c(C(C)C)cccc2C(C)C)C3=O)cc1. The van der Waals surface area contributed by atoms with E-state index in [4.69, 9.17) is 0 Å². The Balaban J connectivity index is 1.25. The fraction of sp³-hybridized carbons (Fsp3) is 0.242. The second-order valence-electron chi connectivity index (χ2n) is 20.4. The zero-order valence-electron chi connectivity index (χ0n) is 41.0. The summed E-state index contributed by atoms with van der Waals surface area (Å²) in [7, 11) is 0. The van der Waals surface area contributed by atoms with Gasteiger partial charge >= 0.3 is 0 Å². The van der Waals surface area contributed by atoms with Crippen molar-refractivity contribution in [2.45, 2.75) is 119 Å². The van der Waals surface area contributed by atoms with E-state index in [1.54, 1.807) is 23.5 Å². The standard InChI is InChI=1S/C62H56N2O3S2/c1-32(2)41-13-11-14-42(33(3)4)58(41)63-31-38-21-26-45-55-51(69-40-24-19-37(10)20-25-40)30-49-53-47(61(66)64(62(49)67)59-43(34(5)6)15-12-16-44(59)35(7)8)28-27-46(57(53)55)54-50(68-39-22-17-36(9)18-23-39)29-48(60(63)65)52(38)56(45)54/h11-30,32-35H,31H2,1-10H3. The second-order valence-corrected chi connectivity index (χ2v) is 22.6. The van der Waals surface area contributed by atoms with Crippen LogP contribution in [0.5, 0.6) is 0 Å². The van der Waals surface area contributed by atoms with E-state index in [0.717, 1.165) is 85.2 Å². The highest BCUT2D eigenvalue weighted by molar-refractivity contribution is 8.00. The van der Waals surface area contributed by atoms with E-state index in [0.29, 0.717) is 34.3 Å². The third-order valence-electron chi connectivity index (χ3n) is 14.5. The van der Waals surface area contributed by atoms with Gasteiger partial charge in [-0.05, 0) is 124 Å². The molecule has 0 saturated carbocycles. The molecule has 5 nitrogen and oxygen atoms in total. The number of hydrogen-bond acceptors (Lipinski definition) is 5. The van der Waals surface area contributed by atoms with Crippen LogP contribution in [-0.2, 0) is 6.54 Å². The summed E-state index contributed by atoms with van der Waals surface area (Å²) in [6.07, 6.45) is 0. The monoisotopic (exact) mass is 940 g/mol. The highest BCUT2D eigenvalue weighted by Crippen LogP contribution is 2.54. The van der Waals surface area contributed by atoms with E-state index < -0.39 is 0 Å². The molecule has 2 heterocycles. The Morgan fingerprint density at radius 2 is 0.841 bits per heavy atom. The minimum atomic E-state index is -0.310. The Bertz CT molecular complexity index is 3570. The van der Waals surface area contributed by atoms with Gasteiger partial charge in [0.05, 0.1) is 23.5 Å². The summed E-state index contributed by atoms with van der Waals surface area (Å²) in [6, 6.07) is 42.4. The van der Waals surface area contributed by atoms with Crippen LogP contribution in [0.25, 0.3) is 43.1 Å². The molecule has 9 aromatic carbocycles. The number of hydrogen-bond donors (Lipinski definition) is 0. The molecular weight excluding hydrogens is 885 g/mol. The van der Waals surface area contributed by atoms with Crippen LogP contribution in [0.15, 0.2) is 141 Å². The van der Waals surface area contributed by atoms with Gasteiger partial charge in [-0.1, -0.05) is 169 Å². The van der Waals surface area contributed by atoms with Crippen LogP contribution >= 0.6 is 23.5 Å². The molecule has 0 bridgehead atoms. The number of aryl methyl sites for hydroxylation is 2. The molecule has 2 aliphatic heterocycles. The van der Waals surface area contributed by atoms with Crippen molar-refractivity contribution >= 4 is 95.7 Å². The number of para-hydroxylation sites is 2. The first kappa shape index (κ1) is 45.1. The fourth-order valence-electron chi connectivity index (χ4n) is 11.1. The highest BCUT2D eigenvalue weighted by atomic mass is 32.2. The molecule has 0 aliphatic carbocycles. The molecular formula is C62H56N2O3S2. The van der Waals surface area contributed by atoms with Crippen molar-refractivity contribution in [1.29, 1.82) is 0 Å². The Labute approximate surface area is 413 Å². The fourth-order valence-corrected chi connectivity index (χ4v) is 13.1. The third kappa shape index (κ3) is 7.09. The van der Waals surface area contributed by atoms with E-state index >= 15 is 14.4 Å². The van der Waals surface area contributed by atoms with Crippen molar-refractivity contribution in [2.75, 3.05) is 9.80 Å². The normalized spacial score (nSPS) is 14.0. The van der Waals surface area contributed by atoms with Crippen LogP contribution in [0, 0.1) is 13.8 Å². The number of amides is 3. The summed E-state index contributed by atoms with van der Waals surface area (Å²) in [5.74, 6) is -0.0382. The van der Waals surface area contributed by atoms with Crippen LogP contribution in [0.2, 0.25) is 0 Å². The van der Waals surface area contributed by atoms with Crippen LogP contribution in [0.1, 0.15) is 149 Å². The average molecular weight is 941 g/mol. The first-order chi connectivity index (χ1) is 33.1. The predicted molar refractivity (Wildman–Crippen MR) is 289 cm³/mol. The smallest absolute Gasteiger partial charge is 0.266 e. The van der Waals surface area contributed by atoms with Crippen molar-refractivity contribution < 1.29 is 14.4 Å². The third-order valence-corrected chi connectivity index (χ3v) is 16.6. The topological polar surface area (TPSA) is 57.7 Å². The van der Waals surface area contributed by atoms with Crippen LogP contribution in [-0.4, -0.2) is 17.7 Å². The van der Waals surface area contributed by atoms with Gasteiger partial charge in [0, 0.05) is 57.6 Å². The molecule has 0 aromatic heterocycles. The average Bonchev–Trinajstić information content (AvgIpc) is 3.33. The van der Waals surface area contributed by atoms with Crippen LogP contribution in [0.4, 0.5) is 11.4 Å². The molecule has 7 heteroatoms. The van der Waals surface area contributed by atoms with Gasteiger partial charge in [0.2, 0.25) is 0 Å². The van der Waals surface area contributed by atoms with Gasteiger partial charge in [0.15, 0.2) is 0 Å². The molecule has 9 aromatic rings. The summed E-state index contributed by atoms with van der Waals surface area (Å²) in [5.41, 5.74) is 11.1. The molecule has 344 valence electrons. The van der Waals surface area contributed by atoms with Gasteiger partial charge < -0.3 is 4.90 Å². The summed E-state index contributed by atoms with van der Waals surface area (Å²) in [4.78, 5) is 54.1. The van der Waals surface area contributed by atoms with E-state index in [9.17, 15) is 0 Å². The molecule has 0 N–H and O–H groups in total. The molecule has 0 unspecified atom stereocenters.